The predicted octanol–water partition coefficient (Wildman–Crippen LogP) is 1.42. The van der Waals surface area contributed by atoms with E-state index in [1.807, 2.05) is 0 Å². The maximum Gasteiger partial charge on any atom is 0.331 e. The summed E-state index contributed by atoms with van der Waals surface area (Å²) in [6.07, 6.45) is 4.72. The van der Waals surface area contributed by atoms with Gasteiger partial charge in [-0.25, -0.2) is 4.79 Å². The van der Waals surface area contributed by atoms with Crippen LogP contribution in [-0.4, -0.2) is 35.0 Å². The van der Waals surface area contributed by atoms with Crippen molar-refractivity contribution < 1.29 is 14.7 Å². The molecule has 0 aromatic rings. The first kappa shape index (κ1) is 11.8. The van der Waals surface area contributed by atoms with Crippen LogP contribution in [0.5, 0.6) is 0 Å². The number of hydrogen-bond acceptors (Lipinski definition) is 2. The van der Waals surface area contributed by atoms with Crippen LogP contribution in [0.15, 0.2) is 11.6 Å². The summed E-state index contributed by atoms with van der Waals surface area (Å²) in [4.78, 5) is 23.9. The topological polar surface area (TPSA) is 57.6 Å². The lowest BCUT2D eigenvalue weighted by molar-refractivity contribution is -0.134. The van der Waals surface area contributed by atoms with Gasteiger partial charge >= 0.3 is 5.97 Å². The van der Waals surface area contributed by atoms with E-state index in [1.54, 1.807) is 17.9 Å². The van der Waals surface area contributed by atoms with Gasteiger partial charge in [0, 0.05) is 25.1 Å². The molecule has 84 valence electrons. The van der Waals surface area contributed by atoms with Crippen LogP contribution in [0, 0.1) is 0 Å². The molecule has 15 heavy (non-hydrogen) atoms. The number of likely N-dealkylation sites (tertiary alicyclic amines) is 1. The number of carboxylic acids is 1. The van der Waals surface area contributed by atoms with Gasteiger partial charge in [-0.3, -0.25) is 4.79 Å². The van der Waals surface area contributed by atoms with Crippen LogP contribution in [0.2, 0.25) is 0 Å². The van der Waals surface area contributed by atoms with E-state index in [1.165, 1.54) is 0 Å². The standard InChI is InChI=1S/C11H17NO3/c1-2-9(11(14)15)6-8-12-7-4-3-5-10(12)13/h6H,2-5,7-8H2,1H3,(H,14,15). The lowest BCUT2D eigenvalue weighted by atomic mass is 10.1. The maximum absolute atomic E-state index is 11.4. The minimum absolute atomic E-state index is 0.137. The molecular weight excluding hydrogens is 194 g/mol. The zero-order valence-corrected chi connectivity index (χ0v) is 9.03. The molecule has 4 heteroatoms. The molecule has 0 aromatic carbocycles. The van der Waals surface area contributed by atoms with Crippen LogP contribution < -0.4 is 0 Å². The van der Waals surface area contributed by atoms with Gasteiger partial charge in [0.15, 0.2) is 0 Å². The molecule has 1 saturated heterocycles. The Morgan fingerprint density at radius 3 is 2.80 bits per heavy atom. The van der Waals surface area contributed by atoms with Gasteiger partial charge in [-0.05, 0) is 19.3 Å². The fourth-order valence-electron chi connectivity index (χ4n) is 1.66. The molecule has 0 saturated carbocycles. The number of rotatable bonds is 4. The second-order valence-corrected chi connectivity index (χ2v) is 3.68. The molecule has 1 rings (SSSR count). The van der Waals surface area contributed by atoms with E-state index in [-0.39, 0.29) is 5.91 Å². The van der Waals surface area contributed by atoms with E-state index < -0.39 is 5.97 Å². The van der Waals surface area contributed by atoms with Crippen molar-refractivity contribution in [2.24, 2.45) is 0 Å². The Labute approximate surface area is 89.6 Å². The summed E-state index contributed by atoms with van der Waals surface area (Å²) in [5, 5.41) is 8.80. The molecule has 0 unspecified atom stereocenters. The molecule has 1 N–H and O–H groups in total. The van der Waals surface area contributed by atoms with Crippen LogP contribution >= 0.6 is 0 Å². The van der Waals surface area contributed by atoms with Crippen molar-refractivity contribution in [1.82, 2.24) is 4.90 Å². The van der Waals surface area contributed by atoms with E-state index in [0.717, 1.165) is 19.4 Å². The average Bonchev–Trinajstić information content (AvgIpc) is 2.21. The van der Waals surface area contributed by atoms with Gasteiger partial charge in [0.2, 0.25) is 5.91 Å². The first-order valence-electron chi connectivity index (χ1n) is 5.35. The molecule has 1 aliphatic rings. The summed E-state index contributed by atoms with van der Waals surface area (Å²) in [7, 11) is 0. The lowest BCUT2D eigenvalue weighted by Gasteiger charge is -2.25. The average molecular weight is 211 g/mol. The summed E-state index contributed by atoms with van der Waals surface area (Å²) < 4.78 is 0. The number of amides is 1. The highest BCUT2D eigenvalue weighted by Gasteiger charge is 2.17. The zero-order chi connectivity index (χ0) is 11.3. The second-order valence-electron chi connectivity index (χ2n) is 3.68. The van der Waals surface area contributed by atoms with Gasteiger partial charge in [0.1, 0.15) is 0 Å². The molecular formula is C11H17NO3. The summed E-state index contributed by atoms with van der Waals surface area (Å²) >= 11 is 0. The van der Waals surface area contributed by atoms with Crippen LogP contribution in [0.3, 0.4) is 0 Å². The SMILES string of the molecule is CCC(=CCN1CCCCC1=O)C(=O)O. The molecule has 0 aromatic heterocycles. The lowest BCUT2D eigenvalue weighted by Crippen LogP contribution is -2.35. The van der Waals surface area contributed by atoms with Gasteiger partial charge in [0.05, 0.1) is 0 Å². The number of hydrogen-bond donors (Lipinski definition) is 1. The van der Waals surface area contributed by atoms with Gasteiger partial charge < -0.3 is 10.0 Å². The highest BCUT2D eigenvalue weighted by molar-refractivity contribution is 5.86. The smallest absolute Gasteiger partial charge is 0.331 e. The van der Waals surface area contributed by atoms with Gasteiger partial charge in [-0.1, -0.05) is 13.0 Å². The monoisotopic (exact) mass is 211 g/mol. The predicted molar refractivity (Wildman–Crippen MR) is 56.4 cm³/mol. The Bertz CT molecular complexity index is 284. The van der Waals surface area contributed by atoms with Crippen molar-refractivity contribution in [1.29, 1.82) is 0 Å². The quantitative estimate of drug-likeness (QED) is 0.715. The minimum atomic E-state index is -0.887. The van der Waals surface area contributed by atoms with Crippen molar-refractivity contribution in [3.8, 4) is 0 Å². The van der Waals surface area contributed by atoms with E-state index in [0.29, 0.717) is 25.0 Å². The molecule has 0 atom stereocenters. The van der Waals surface area contributed by atoms with Gasteiger partial charge in [0.25, 0.3) is 0 Å². The van der Waals surface area contributed by atoms with E-state index >= 15 is 0 Å². The summed E-state index contributed by atoms with van der Waals surface area (Å²) in [5.74, 6) is -0.750. The molecule has 1 amide bonds. The number of piperidine rings is 1. The number of carbonyl (C=O) groups is 2. The third kappa shape index (κ3) is 3.38. The van der Waals surface area contributed by atoms with Crippen molar-refractivity contribution >= 4 is 11.9 Å². The minimum Gasteiger partial charge on any atom is -0.478 e. The van der Waals surface area contributed by atoms with Crippen LogP contribution in [0.1, 0.15) is 32.6 Å². The molecule has 0 bridgehead atoms. The Balaban J connectivity index is 2.53. The highest BCUT2D eigenvalue weighted by Crippen LogP contribution is 2.11. The first-order chi connectivity index (χ1) is 7.15. The molecule has 0 aliphatic carbocycles. The number of carboxylic acid groups (broad SMARTS) is 1. The third-order valence-electron chi connectivity index (χ3n) is 2.64. The largest absolute Gasteiger partial charge is 0.478 e. The number of carbonyl (C=O) groups excluding carboxylic acids is 1. The van der Waals surface area contributed by atoms with Crippen molar-refractivity contribution in [2.45, 2.75) is 32.6 Å². The summed E-state index contributed by atoms with van der Waals surface area (Å²) in [6, 6.07) is 0. The second kappa shape index (κ2) is 5.53. The zero-order valence-electron chi connectivity index (χ0n) is 9.03. The maximum atomic E-state index is 11.4. The molecule has 0 spiro atoms. The molecule has 1 heterocycles. The van der Waals surface area contributed by atoms with Crippen LogP contribution in [0.4, 0.5) is 0 Å². The fourth-order valence-corrected chi connectivity index (χ4v) is 1.66. The fraction of sp³-hybridized carbons (Fsp3) is 0.636. The van der Waals surface area contributed by atoms with Gasteiger partial charge in [-0.2, -0.15) is 0 Å². The van der Waals surface area contributed by atoms with Crippen LogP contribution in [-0.2, 0) is 9.59 Å². The van der Waals surface area contributed by atoms with E-state index in [4.69, 9.17) is 5.11 Å². The van der Waals surface area contributed by atoms with Crippen molar-refractivity contribution in [2.75, 3.05) is 13.1 Å². The number of aliphatic carboxylic acids is 1. The molecule has 1 fully saturated rings. The third-order valence-corrected chi connectivity index (χ3v) is 2.64. The Hall–Kier alpha value is -1.32. The summed E-state index contributed by atoms with van der Waals surface area (Å²) in [5.41, 5.74) is 0.383. The molecule has 0 radical (unpaired) electrons. The number of nitrogens with zero attached hydrogens (tertiary/aromatic N) is 1. The Kier molecular flexibility index (Phi) is 4.34. The Morgan fingerprint density at radius 1 is 1.53 bits per heavy atom. The van der Waals surface area contributed by atoms with Crippen LogP contribution in [0.25, 0.3) is 0 Å². The van der Waals surface area contributed by atoms with E-state index in [2.05, 4.69) is 0 Å². The normalized spacial score (nSPS) is 18.1. The Morgan fingerprint density at radius 2 is 2.27 bits per heavy atom. The van der Waals surface area contributed by atoms with Crippen molar-refractivity contribution in [3.63, 3.8) is 0 Å². The summed E-state index contributed by atoms with van der Waals surface area (Å²) in [6.45, 7) is 3.00. The highest BCUT2D eigenvalue weighted by atomic mass is 16.4. The molecule has 1 aliphatic heterocycles. The van der Waals surface area contributed by atoms with Crippen molar-refractivity contribution in [3.05, 3.63) is 11.6 Å². The first-order valence-corrected chi connectivity index (χ1v) is 5.35. The van der Waals surface area contributed by atoms with E-state index in [9.17, 15) is 9.59 Å². The van der Waals surface area contributed by atoms with Gasteiger partial charge in [-0.15, -0.1) is 0 Å². The molecule has 4 nitrogen and oxygen atoms in total.